The quantitative estimate of drug-likeness (QED) is 0.531. The van der Waals surface area contributed by atoms with E-state index in [1.165, 1.54) is 6.26 Å². The fourth-order valence-corrected chi connectivity index (χ4v) is 4.92. The van der Waals surface area contributed by atoms with Gasteiger partial charge in [0.25, 0.3) is 0 Å². The number of anilines is 1. The van der Waals surface area contributed by atoms with Crippen molar-refractivity contribution in [3.63, 3.8) is 0 Å². The molecule has 150 valence electrons. The minimum Gasteiger partial charge on any atom is -0.357 e. The zero-order chi connectivity index (χ0) is 19.7. The molecule has 2 aliphatic rings. The first-order valence-corrected chi connectivity index (χ1v) is 11.3. The summed E-state index contributed by atoms with van der Waals surface area (Å²) in [4.78, 5) is 21.0. The molecule has 1 aromatic heterocycles. The van der Waals surface area contributed by atoms with Gasteiger partial charge in [0.1, 0.15) is 16.4 Å². The molecule has 1 aliphatic carbocycles. The monoisotopic (exact) mass is 396 g/mol. The van der Waals surface area contributed by atoms with Gasteiger partial charge in [-0.25, -0.2) is 8.42 Å². The molecular formula is C17H28N6O3S. The van der Waals surface area contributed by atoms with Gasteiger partial charge in [-0.3, -0.25) is 14.5 Å². The van der Waals surface area contributed by atoms with Crippen LogP contribution >= 0.6 is 0 Å². The van der Waals surface area contributed by atoms with Gasteiger partial charge in [-0.1, -0.05) is 0 Å². The Morgan fingerprint density at radius 3 is 2.63 bits per heavy atom. The summed E-state index contributed by atoms with van der Waals surface area (Å²) in [5, 5.41) is 7.36. The van der Waals surface area contributed by atoms with Gasteiger partial charge in [0.15, 0.2) is 5.96 Å². The number of carbonyl (C=O) groups excluding carboxylic acids is 1. The van der Waals surface area contributed by atoms with Crippen molar-refractivity contribution in [3.8, 4) is 0 Å². The number of hydrogen-bond acceptors (Lipinski definition) is 5. The third kappa shape index (κ3) is 5.00. The third-order valence-electron chi connectivity index (χ3n) is 4.95. The largest absolute Gasteiger partial charge is 0.357 e. The van der Waals surface area contributed by atoms with Crippen LogP contribution in [0.1, 0.15) is 19.8 Å². The Hall–Kier alpha value is -2.10. The highest BCUT2D eigenvalue weighted by Gasteiger charge is 2.45. The van der Waals surface area contributed by atoms with Gasteiger partial charge >= 0.3 is 0 Å². The Labute approximate surface area is 160 Å². The average molecular weight is 397 g/mol. The lowest BCUT2D eigenvalue weighted by Crippen LogP contribution is -2.55. The molecule has 0 unspecified atom stereocenters. The summed E-state index contributed by atoms with van der Waals surface area (Å²) < 4.78 is 25.0. The first-order chi connectivity index (χ1) is 12.7. The van der Waals surface area contributed by atoms with Gasteiger partial charge in [-0.15, -0.1) is 0 Å². The normalized spacial score (nSPS) is 20.1. The topological polar surface area (TPSA) is 99.9 Å². The number of nitrogens with one attached hydrogen (secondary N) is 1. The summed E-state index contributed by atoms with van der Waals surface area (Å²) in [6.45, 7) is 4.59. The van der Waals surface area contributed by atoms with E-state index < -0.39 is 9.84 Å². The Morgan fingerprint density at radius 1 is 1.37 bits per heavy atom. The predicted octanol–water partition coefficient (Wildman–Crippen LogP) is -0.141. The second-order valence-corrected chi connectivity index (χ2v) is 9.72. The SMILES string of the molecule is CCNC(=NCC1(CS(C)(=O)=O)CC1)N1CCN(c2cnn(C)c2)C(=O)C1. The number of sulfone groups is 1. The molecule has 2 fully saturated rings. The Balaban J connectivity index is 1.66. The first-order valence-electron chi connectivity index (χ1n) is 9.21. The number of aromatic nitrogens is 2. The molecule has 1 saturated carbocycles. The van der Waals surface area contributed by atoms with E-state index in [4.69, 9.17) is 0 Å². The summed E-state index contributed by atoms with van der Waals surface area (Å²) in [7, 11) is -1.20. The van der Waals surface area contributed by atoms with E-state index in [-0.39, 0.29) is 23.6 Å². The van der Waals surface area contributed by atoms with Crippen molar-refractivity contribution in [2.75, 3.05) is 49.6 Å². The number of piperazine rings is 1. The molecule has 0 spiro atoms. The van der Waals surface area contributed by atoms with Crippen molar-refractivity contribution < 1.29 is 13.2 Å². The zero-order valence-corrected chi connectivity index (χ0v) is 17.0. The number of nitrogens with zero attached hydrogens (tertiary/aromatic N) is 5. The van der Waals surface area contributed by atoms with Gasteiger partial charge in [0, 0.05) is 51.1 Å². The Bertz CT molecular complexity index is 827. The molecule has 0 bridgehead atoms. The van der Waals surface area contributed by atoms with Crippen molar-refractivity contribution in [3.05, 3.63) is 12.4 Å². The van der Waals surface area contributed by atoms with E-state index in [1.807, 2.05) is 25.1 Å². The van der Waals surface area contributed by atoms with E-state index in [2.05, 4.69) is 15.4 Å². The molecule has 2 heterocycles. The number of amides is 1. The number of rotatable bonds is 6. The van der Waals surface area contributed by atoms with Gasteiger partial charge in [0.05, 0.1) is 17.6 Å². The van der Waals surface area contributed by atoms with E-state index >= 15 is 0 Å². The molecular weight excluding hydrogens is 368 g/mol. The summed E-state index contributed by atoms with van der Waals surface area (Å²) in [6, 6.07) is 0. The minimum absolute atomic E-state index is 0.00266. The number of aryl methyl sites for hydroxylation is 1. The van der Waals surface area contributed by atoms with Crippen molar-refractivity contribution in [2.24, 2.45) is 17.5 Å². The molecule has 0 aromatic carbocycles. The fraction of sp³-hybridized carbons (Fsp3) is 0.706. The number of carbonyl (C=O) groups is 1. The summed E-state index contributed by atoms with van der Waals surface area (Å²) in [5.41, 5.74) is 0.574. The van der Waals surface area contributed by atoms with Crippen molar-refractivity contribution in [2.45, 2.75) is 19.8 Å². The van der Waals surface area contributed by atoms with Crippen molar-refractivity contribution >= 4 is 27.4 Å². The predicted molar refractivity (Wildman–Crippen MR) is 104 cm³/mol. The van der Waals surface area contributed by atoms with Crippen LogP contribution in [0.5, 0.6) is 0 Å². The summed E-state index contributed by atoms with van der Waals surface area (Å²) >= 11 is 0. The van der Waals surface area contributed by atoms with Crippen LogP contribution in [-0.2, 0) is 21.7 Å². The molecule has 10 heteroatoms. The van der Waals surface area contributed by atoms with E-state index in [1.54, 1.807) is 15.8 Å². The average Bonchev–Trinajstić information content (AvgIpc) is 3.19. The molecule has 1 aliphatic heterocycles. The van der Waals surface area contributed by atoms with Crippen LogP contribution < -0.4 is 10.2 Å². The van der Waals surface area contributed by atoms with Gasteiger partial charge in [-0.2, -0.15) is 5.10 Å². The van der Waals surface area contributed by atoms with Crippen molar-refractivity contribution in [1.82, 2.24) is 20.0 Å². The van der Waals surface area contributed by atoms with Crippen LogP contribution in [0.2, 0.25) is 0 Å². The summed E-state index contributed by atoms with van der Waals surface area (Å²) in [5.74, 6) is 0.852. The highest BCUT2D eigenvalue weighted by molar-refractivity contribution is 7.90. The van der Waals surface area contributed by atoms with Crippen LogP contribution in [0, 0.1) is 5.41 Å². The highest BCUT2D eigenvalue weighted by atomic mass is 32.2. The maximum atomic E-state index is 12.6. The lowest BCUT2D eigenvalue weighted by atomic mass is 10.1. The number of guanidine groups is 1. The molecule has 3 rings (SSSR count). The molecule has 0 radical (unpaired) electrons. The maximum absolute atomic E-state index is 12.6. The maximum Gasteiger partial charge on any atom is 0.246 e. The number of aliphatic imine (C=N–C) groups is 1. The van der Waals surface area contributed by atoms with Crippen LogP contribution in [0.3, 0.4) is 0 Å². The van der Waals surface area contributed by atoms with E-state index in [0.717, 1.165) is 18.5 Å². The van der Waals surface area contributed by atoms with Crippen LogP contribution in [-0.4, -0.2) is 79.7 Å². The minimum atomic E-state index is -3.02. The van der Waals surface area contributed by atoms with Crippen LogP contribution in [0.15, 0.2) is 17.4 Å². The molecule has 1 N–H and O–H groups in total. The van der Waals surface area contributed by atoms with Crippen LogP contribution in [0.4, 0.5) is 5.69 Å². The molecule has 1 amide bonds. The first kappa shape index (κ1) is 19.7. The molecule has 1 aromatic rings. The standard InChI is InChI=1S/C17H28N6O3S/c1-4-18-16(19-12-17(5-6-17)13-27(3,25)26)22-7-8-23(15(24)11-22)14-9-20-21(2)10-14/h9-10H,4-8,11-13H2,1-3H3,(H,18,19). The summed E-state index contributed by atoms with van der Waals surface area (Å²) in [6.07, 6.45) is 6.56. The van der Waals surface area contributed by atoms with Gasteiger partial charge in [0.2, 0.25) is 5.91 Å². The third-order valence-corrected chi connectivity index (χ3v) is 6.08. The molecule has 9 nitrogen and oxygen atoms in total. The van der Waals surface area contributed by atoms with Gasteiger partial charge in [-0.05, 0) is 19.8 Å². The van der Waals surface area contributed by atoms with Crippen LogP contribution in [0.25, 0.3) is 0 Å². The molecule has 27 heavy (non-hydrogen) atoms. The zero-order valence-electron chi connectivity index (χ0n) is 16.2. The second kappa shape index (κ2) is 7.49. The fourth-order valence-electron chi connectivity index (χ4n) is 3.42. The van der Waals surface area contributed by atoms with E-state index in [0.29, 0.717) is 32.1 Å². The lowest BCUT2D eigenvalue weighted by molar-refractivity contribution is -0.120. The highest BCUT2D eigenvalue weighted by Crippen LogP contribution is 2.46. The smallest absolute Gasteiger partial charge is 0.246 e. The lowest BCUT2D eigenvalue weighted by Gasteiger charge is -2.35. The van der Waals surface area contributed by atoms with E-state index in [9.17, 15) is 13.2 Å². The molecule has 0 atom stereocenters. The Kier molecular flexibility index (Phi) is 5.45. The Morgan fingerprint density at radius 2 is 2.11 bits per heavy atom. The van der Waals surface area contributed by atoms with Gasteiger partial charge < -0.3 is 15.1 Å². The van der Waals surface area contributed by atoms with Crippen molar-refractivity contribution in [1.29, 1.82) is 0 Å². The second-order valence-electron chi connectivity index (χ2n) is 7.58. The number of hydrogen-bond donors (Lipinski definition) is 1. The molecule has 1 saturated heterocycles.